The minimum absolute atomic E-state index is 0.00780. The van der Waals surface area contributed by atoms with Crippen LogP contribution in [0, 0.1) is 5.82 Å². The lowest BCUT2D eigenvalue weighted by molar-refractivity contribution is -0.140. The smallest absolute Gasteiger partial charge is 0.244 e. The highest BCUT2D eigenvalue weighted by Gasteiger charge is 2.32. The summed E-state index contributed by atoms with van der Waals surface area (Å²) < 4.78 is 39.7. The zero-order valence-electron chi connectivity index (χ0n) is 20.2. The topological polar surface area (TPSA) is 86.8 Å². The van der Waals surface area contributed by atoms with E-state index in [1.165, 1.54) is 11.0 Å². The van der Waals surface area contributed by atoms with Gasteiger partial charge in [0, 0.05) is 28.7 Å². The normalized spacial score (nSPS) is 12.2. The lowest BCUT2D eigenvalue weighted by atomic mass is 10.1. The molecule has 1 atom stereocenters. The van der Waals surface area contributed by atoms with Gasteiger partial charge in [0.1, 0.15) is 18.4 Å². The molecule has 2 rings (SSSR count). The molecule has 0 unspecified atom stereocenters. The number of carbonyl (C=O) groups is 2. The molecule has 0 aliphatic rings. The van der Waals surface area contributed by atoms with Gasteiger partial charge in [0.2, 0.25) is 21.8 Å². The minimum atomic E-state index is -3.98. The van der Waals surface area contributed by atoms with Gasteiger partial charge in [0.05, 0.1) is 17.0 Å². The highest BCUT2D eigenvalue weighted by molar-refractivity contribution is 7.92. The van der Waals surface area contributed by atoms with Crippen molar-refractivity contribution in [3.63, 3.8) is 0 Å². The Morgan fingerprint density at radius 3 is 2.22 bits per heavy atom. The third-order valence-corrected chi connectivity index (χ3v) is 7.61. The Bertz CT molecular complexity index is 1180. The van der Waals surface area contributed by atoms with Crippen LogP contribution < -0.4 is 9.62 Å². The number of rotatable bonds is 12. The van der Waals surface area contributed by atoms with E-state index in [9.17, 15) is 22.4 Å². The molecule has 0 aromatic heterocycles. The summed E-state index contributed by atoms with van der Waals surface area (Å²) in [7, 11) is -3.98. The van der Waals surface area contributed by atoms with Crippen LogP contribution in [0.15, 0.2) is 36.4 Å². The number of nitrogens with zero attached hydrogens (tertiary/aromatic N) is 2. The quantitative estimate of drug-likeness (QED) is 0.346. The first-order valence-electron chi connectivity index (χ1n) is 11.3. The van der Waals surface area contributed by atoms with E-state index < -0.39 is 34.3 Å². The molecule has 0 saturated carbocycles. The maximum Gasteiger partial charge on any atom is 0.244 e. The van der Waals surface area contributed by atoms with E-state index in [0.29, 0.717) is 22.2 Å². The van der Waals surface area contributed by atoms with Crippen LogP contribution in [0.25, 0.3) is 0 Å². The van der Waals surface area contributed by atoms with Crippen molar-refractivity contribution in [3.8, 4) is 0 Å². The number of halogens is 4. The molecule has 198 valence electrons. The molecule has 1 N–H and O–H groups in total. The van der Waals surface area contributed by atoms with Crippen molar-refractivity contribution in [1.29, 1.82) is 0 Å². The second-order valence-corrected chi connectivity index (χ2v) is 11.3. The van der Waals surface area contributed by atoms with Gasteiger partial charge in [0.25, 0.3) is 0 Å². The fourth-order valence-corrected chi connectivity index (χ4v) is 5.07. The third kappa shape index (κ3) is 7.96. The standard InChI is InChI=1S/C24H29Cl3FN3O4S/c1-4-6-12-29-24(33)22(5-2)30(14-17-18(25)8-7-9-19(17)26)23(32)15-31(36(3,34)35)16-10-11-21(28)20(27)13-16/h7-11,13,22H,4-6,12,14-15H2,1-3H3,(H,29,33)/t22-/m0/s1. The predicted molar refractivity (Wildman–Crippen MR) is 143 cm³/mol. The largest absolute Gasteiger partial charge is 0.354 e. The van der Waals surface area contributed by atoms with Gasteiger partial charge in [-0.2, -0.15) is 0 Å². The zero-order chi connectivity index (χ0) is 27.0. The van der Waals surface area contributed by atoms with Gasteiger partial charge in [0.15, 0.2) is 0 Å². The van der Waals surface area contributed by atoms with Crippen LogP contribution in [0.2, 0.25) is 15.1 Å². The Kier molecular flexibility index (Phi) is 11.3. The molecule has 0 radical (unpaired) electrons. The van der Waals surface area contributed by atoms with Crippen LogP contribution in [-0.2, 0) is 26.2 Å². The molecular weight excluding hydrogens is 552 g/mol. The van der Waals surface area contributed by atoms with E-state index in [4.69, 9.17) is 34.8 Å². The molecule has 2 aromatic carbocycles. The average Bonchev–Trinajstić information content (AvgIpc) is 2.80. The lowest BCUT2D eigenvalue weighted by Gasteiger charge is -2.33. The van der Waals surface area contributed by atoms with Gasteiger partial charge < -0.3 is 10.2 Å². The number of anilines is 1. The predicted octanol–water partition coefficient (Wildman–Crippen LogP) is 5.28. The number of unbranched alkanes of at least 4 members (excludes halogenated alkanes) is 1. The van der Waals surface area contributed by atoms with Crippen molar-refractivity contribution in [2.45, 2.75) is 45.7 Å². The van der Waals surface area contributed by atoms with Crippen molar-refractivity contribution >= 4 is 62.3 Å². The number of benzene rings is 2. The molecule has 36 heavy (non-hydrogen) atoms. The van der Waals surface area contributed by atoms with E-state index in [1.807, 2.05) is 6.92 Å². The van der Waals surface area contributed by atoms with Crippen LogP contribution in [0.1, 0.15) is 38.7 Å². The molecule has 0 aliphatic carbocycles. The Balaban J connectivity index is 2.48. The summed E-state index contributed by atoms with van der Waals surface area (Å²) in [5.74, 6) is -1.78. The SMILES string of the molecule is CCCCNC(=O)[C@H](CC)N(Cc1c(Cl)cccc1Cl)C(=O)CN(c1ccc(F)c(Cl)c1)S(C)(=O)=O. The summed E-state index contributed by atoms with van der Waals surface area (Å²) in [6.45, 7) is 3.39. The monoisotopic (exact) mass is 579 g/mol. The second kappa shape index (κ2) is 13.5. The van der Waals surface area contributed by atoms with Crippen LogP contribution in [0.4, 0.5) is 10.1 Å². The first-order chi connectivity index (χ1) is 16.9. The Labute approximate surface area is 226 Å². The number of amides is 2. The van der Waals surface area contributed by atoms with Gasteiger partial charge in [-0.25, -0.2) is 12.8 Å². The van der Waals surface area contributed by atoms with Gasteiger partial charge in [-0.05, 0) is 43.2 Å². The van der Waals surface area contributed by atoms with E-state index in [2.05, 4.69) is 5.32 Å². The lowest BCUT2D eigenvalue weighted by Crippen LogP contribution is -2.52. The highest BCUT2D eigenvalue weighted by atomic mass is 35.5. The first-order valence-corrected chi connectivity index (χ1v) is 14.3. The summed E-state index contributed by atoms with van der Waals surface area (Å²) in [4.78, 5) is 27.9. The molecular formula is C24H29Cl3FN3O4S. The van der Waals surface area contributed by atoms with Crippen LogP contribution in [-0.4, -0.2) is 50.5 Å². The Hall–Kier alpha value is -2.07. The van der Waals surface area contributed by atoms with E-state index in [-0.39, 0.29) is 29.6 Å². The summed E-state index contributed by atoms with van der Waals surface area (Å²) in [5.41, 5.74) is 0.429. The first kappa shape index (κ1) is 30.2. The zero-order valence-corrected chi connectivity index (χ0v) is 23.3. The van der Waals surface area contributed by atoms with Crippen molar-refractivity contribution in [1.82, 2.24) is 10.2 Å². The van der Waals surface area contributed by atoms with E-state index >= 15 is 0 Å². The number of nitrogens with one attached hydrogen (secondary N) is 1. The van der Waals surface area contributed by atoms with Crippen molar-refractivity contribution in [2.75, 3.05) is 23.7 Å². The third-order valence-electron chi connectivity index (χ3n) is 5.48. The molecule has 0 saturated heterocycles. The maximum atomic E-state index is 13.7. The molecule has 0 heterocycles. The number of hydrogen-bond donors (Lipinski definition) is 1. The van der Waals surface area contributed by atoms with Crippen molar-refractivity contribution in [2.24, 2.45) is 0 Å². The van der Waals surface area contributed by atoms with E-state index in [1.54, 1.807) is 25.1 Å². The van der Waals surface area contributed by atoms with Gasteiger partial charge >= 0.3 is 0 Å². The number of sulfonamides is 1. The Morgan fingerprint density at radius 1 is 1.06 bits per heavy atom. The van der Waals surface area contributed by atoms with Crippen molar-refractivity contribution < 1.29 is 22.4 Å². The molecule has 0 aliphatic heterocycles. The molecule has 12 heteroatoms. The molecule has 7 nitrogen and oxygen atoms in total. The highest BCUT2D eigenvalue weighted by Crippen LogP contribution is 2.28. The van der Waals surface area contributed by atoms with Crippen molar-refractivity contribution in [3.05, 3.63) is 62.8 Å². The molecule has 0 bridgehead atoms. The Morgan fingerprint density at radius 2 is 1.69 bits per heavy atom. The molecule has 0 spiro atoms. The van der Waals surface area contributed by atoms with Crippen LogP contribution in [0.5, 0.6) is 0 Å². The van der Waals surface area contributed by atoms with Crippen LogP contribution >= 0.6 is 34.8 Å². The molecule has 2 aromatic rings. The summed E-state index contributed by atoms with van der Waals surface area (Å²) >= 11 is 18.5. The summed E-state index contributed by atoms with van der Waals surface area (Å²) in [6, 6.07) is 7.29. The fraction of sp³-hybridized carbons (Fsp3) is 0.417. The van der Waals surface area contributed by atoms with Gasteiger partial charge in [-0.15, -0.1) is 0 Å². The second-order valence-electron chi connectivity index (χ2n) is 8.16. The summed E-state index contributed by atoms with van der Waals surface area (Å²) in [6.07, 6.45) is 2.81. The number of carbonyl (C=O) groups excluding carboxylic acids is 2. The summed E-state index contributed by atoms with van der Waals surface area (Å²) in [5, 5.41) is 3.12. The van der Waals surface area contributed by atoms with E-state index in [0.717, 1.165) is 35.5 Å². The molecule has 0 fully saturated rings. The van der Waals surface area contributed by atoms with Crippen LogP contribution in [0.3, 0.4) is 0 Å². The fourth-order valence-electron chi connectivity index (χ4n) is 3.53. The number of hydrogen-bond acceptors (Lipinski definition) is 4. The minimum Gasteiger partial charge on any atom is -0.354 e. The molecule has 2 amide bonds. The van der Waals surface area contributed by atoms with Gasteiger partial charge in [-0.1, -0.05) is 61.1 Å². The van der Waals surface area contributed by atoms with Gasteiger partial charge in [-0.3, -0.25) is 13.9 Å². The maximum absolute atomic E-state index is 13.7. The average molecular weight is 581 g/mol.